The van der Waals surface area contributed by atoms with Crippen molar-refractivity contribution in [3.05, 3.63) is 24.3 Å². The van der Waals surface area contributed by atoms with Gasteiger partial charge >= 0.3 is 5.68 Å². The van der Waals surface area contributed by atoms with Crippen molar-refractivity contribution < 1.29 is 0 Å². The van der Waals surface area contributed by atoms with E-state index >= 15 is 0 Å². The van der Waals surface area contributed by atoms with Gasteiger partial charge in [0.2, 0.25) is 0 Å². The molecule has 1 aromatic rings. The lowest BCUT2D eigenvalue weighted by molar-refractivity contribution is 1.65. The molecule has 0 aliphatic carbocycles. The Morgan fingerprint density at radius 1 is 1.27 bits per heavy atom. The fraction of sp³-hybridized carbons (Fsp3) is 0. The average molecular weight is 189 g/mol. The molecule has 0 aliphatic rings. The van der Waals surface area contributed by atoms with Gasteiger partial charge in [0.05, 0.1) is 5.69 Å². The van der Waals surface area contributed by atoms with E-state index in [1.54, 1.807) is 6.07 Å². The van der Waals surface area contributed by atoms with E-state index in [0.29, 0.717) is 5.69 Å². The number of halogens is 2. The first-order valence-electron chi connectivity index (χ1n) is 3.09. The number of hydrogen-bond acceptors (Lipinski definition) is 2. The van der Waals surface area contributed by atoms with Crippen LogP contribution in [0.15, 0.2) is 24.3 Å². The summed E-state index contributed by atoms with van der Waals surface area (Å²) in [6, 6.07) is 7.29. The molecule has 1 rings (SSSR count). The molecule has 0 aromatic heterocycles. The molecule has 58 valence electrons. The van der Waals surface area contributed by atoms with Gasteiger partial charge in [-0.15, -0.1) is 22.9 Å². The van der Waals surface area contributed by atoms with Crippen LogP contribution in [0.1, 0.15) is 0 Å². The molecule has 3 N–H and O–H groups in total. The van der Waals surface area contributed by atoms with Crippen molar-refractivity contribution in [2.45, 2.75) is 0 Å². The van der Waals surface area contributed by atoms with Crippen molar-refractivity contribution in [2.75, 3.05) is 11.0 Å². The lowest BCUT2D eigenvalue weighted by atomic mass is 10.2. The third-order valence-corrected chi connectivity index (χ3v) is 1.44. The summed E-state index contributed by atoms with van der Waals surface area (Å²) in [7, 11) is 0. The monoisotopic (exact) mass is 188 g/mol. The Bertz CT molecular complexity index is 242. The van der Waals surface area contributed by atoms with E-state index in [-0.39, 0.29) is 0 Å². The summed E-state index contributed by atoms with van der Waals surface area (Å²) < 4.78 is 0. The van der Waals surface area contributed by atoms with Gasteiger partial charge in [-0.05, 0) is 12.1 Å². The van der Waals surface area contributed by atoms with Crippen molar-refractivity contribution in [2.24, 2.45) is 0 Å². The van der Waals surface area contributed by atoms with Crippen LogP contribution < -0.4 is 11.0 Å². The molecule has 0 bridgehead atoms. The number of nitrogens with one attached hydrogen (secondary N) is 1. The Morgan fingerprint density at radius 3 is 2.45 bits per heavy atom. The summed E-state index contributed by atoms with van der Waals surface area (Å²) in [6.45, 7) is 0. The van der Waals surface area contributed by atoms with Crippen LogP contribution in [0.2, 0.25) is 0 Å². The highest BCUT2D eigenvalue weighted by molar-refractivity contribution is 7.35. The van der Waals surface area contributed by atoms with Gasteiger partial charge in [0.1, 0.15) is 0 Å². The van der Waals surface area contributed by atoms with Crippen LogP contribution in [0, 0.1) is 0 Å². The normalized spacial score (nSPS) is 9.27. The summed E-state index contributed by atoms with van der Waals surface area (Å²) in [4.78, 5) is 0. The Labute approximate surface area is 75.6 Å². The maximum absolute atomic E-state index is 5.59. The summed E-state index contributed by atoms with van der Waals surface area (Å²) in [5.74, 6) is 0. The third kappa shape index (κ3) is 2.52. The molecular weight excluding hydrogens is 182 g/mol. The predicted octanol–water partition coefficient (Wildman–Crippen LogP) is 2.14. The number of hydrogen-bond donors (Lipinski definition) is 2. The Balaban J connectivity index is 2.78. The average Bonchev–Trinajstić information content (AvgIpc) is 1.93. The van der Waals surface area contributed by atoms with E-state index in [0.717, 1.165) is 5.69 Å². The second kappa shape index (κ2) is 3.74. The molecule has 5 heteroatoms. The standard InChI is InChI=1S/C6H7BCl2N2/c8-7(9)11-6-4-2-1-3-5(6)10/h1-4,11H,10H2. The molecule has 0 fully saturated rings. The van der Waals surface area contributed by atoms with E-state index < -0.39 is 5.68 Å². The molecule has 0 aliphatic heterocycles. The van der Waals surface area contributed by atoms with Crippen LogP contribution in [0.3, 0.4) is 0 Å². The summed E-state index contributed by atoms with van der Waals surface area (Å²) in [5, 5.41) is 2.78. The minimum Gasteiger partial charge on any atom is -0.399 e. The van der Waals surface area contributed by atoms with Gasteiger partial charge < -0.3 is 11.0 Å². The maximum Gasteiger partial charge on any atom is 0.465 e. The molecule has 0 atom stereocenters. The van der Waals surface area contributed by atoms with E-state index in [9.17, 15) is 0 Å². The zero-order chi connectivity index (χ0) is 8.27. The van der Waals surface area contributed by atoms with Gasteiger partial charge in [-0.1, -0.05) is 12.1 Å². The van der Waals surface area contributed by atoms with Crippen molar-refractivity contribution in [1.29, 1.82) is 0 Å². The topological polar surface area (TPSA) is 38.0 Å². The van der Waals surface area contributed by atoms with Crippen LogP contribution in [0.5, 0.6) is 0 Å². The largest absolute Gasteiger partial charge is 0.465 e. The van der Waals surface area contributed by atoms with Gasteiger partial charge in [-0.3, -0.25) is 0 Å². The highest BCUT2D eigenvalue weighted by atomic mass is 35.5. The predicted molar refractivity (Wildman–Crippen MR) is 51.9 cm³/mol. The summed E-state index contributed by atoms with van der Waals surface area (Å²) >= 11 is 11.0. The molecule has 1 aromatic carbocycles. The Morgan fingerprint density at radius 2 is 1.91 bits per heavy atom. The molecule has 0 radical (unpaired) electrons. The number of nitrogen functional groups attached to an aromatic ring is 1. The highest BCUT2D eigenvalue weighted by Gasteiger charge is 2.06. The minimum absolute atomic E-state index is 0.625. The van der Waals surface area contributed by atoms with Gasteiger partial charge in [0.25, 0.3) is 0 Å². The van der Waals surface area contributed by atoms with E-state index in [4.69, 9.17) is 28.7 Å². The lowest BCUT2D eigenvalue weighted by Crippen LogP contribution is -2.10. The van der Waals surface area contributed by atoms with E-state index in [1.165, 1.54) is 0 Å². The molecule has 0 amide bonds. The van der Waals surface area contributed by atoms with Crippen molar-refractivity contribution in [3.8, 4) is 0 Å². The van der Waals surface area contributed by atoms with Crippen LogP contribution in [0.4, 0.5) is 11.4 Å². The van der Waals surface area contributed by atoms with Gasteiger partial charge in [-0.25, -0.2) is 0 Å². The fourth-order valence-electron chi connectivity index (χ4n) is 0.746. The number of benzene rings is 1. The fourth-order valence-corrected chi connectivity index (χ4v) is 0.981. The van der Waals surface area contributed by atoms with Crippen molar-refractivity contribution >= 4 is 40.0 Å². The molecule has 2 nitrogen and oxygen atoms in total. The molecule has 0 spiro atoms. The third-order valence-electron chi connectivity index (χ3n) is 1.23. The molecule has 0 saturated heterocycles. The Kier molecular flexibility index (Phi) is 2.91. The lowest BCUT2D eigenvalue weighted by Gasteiger charge is -2.06. The van der Waals surface area contributed by atoms with Crippen LogP contribution in [0.25, 0.3) is 0 Å². The Hall–Kier alpha value is -0.535. The van der Waals surface area contributed by atoms with Crippen LogP contribution in [-0.2, 0) is 0 Å². The van der Waals surface area contributed by atoms with Crippen molar-refractivity contribution in [1.82, 2.24) is 0 Å². The number of rotatable bonds is 2. The van der Waals surface area contributed by atoms with E-state index in [2.05, 4.69) is 5.23 Å². The zero-order valence-electron chi connectivity index (χ0n) is 5.72. The van der Waals surface area contributed by atoms with Gasteiger partial charge in [-0.2, -0.15) is 0 Å². The molecule has 0 heterocycles. The van der Waals surface area contributed by atoms with Gasteiger partial charge in [0.15, 0.2) is 0 Å². The zero-order valence-corrected chi connectivity index (χ0v) is 7.23. The SMILES string of the molecule is Nc1ccccc1NB(Cl)Cl. The van der Waals surface area contributed by atoms with Crippen LogP contribution in [-0.4, -0.2) is 5.68 Å². The van der Waals surface area contributed by atoms with E-state index in [1.807, 2.05) is 18.2 Å². The van der Waals surface area contributed by atoms with Gasteiger partial charge in [0, 0.05) is 5.69 Å². The number of nitrogens with two attached hydrogens (primary N) is 1. The quantitative estimate of drug-likeness (QED) is 0.552. The smallest absolute Gasteiger partial charge is 0.399 e. The molecular formula is C6H7BCl2N2. The highest BCUT2D eigenvalue weighted by Crippen LogP contribution is 2.18. The first kappa shape index (κ1) is 8.56. The number of anilines is 2. The molecule has 11 heavy (non-hydrogen) atoms. The first-order valence-corrected chi connectivity index (χ1v) is 3.96. The second-order valence-corrected chi connectivity index (χ2v) is 3.13. The van der Waals surface area contributed by atoms with Crippen LogP contribution >= 0.6 is 22.9 Å². The molecule has 0 unspecified atom stereocenters. The molecule has 0 saturated carbocycles. The first-order chi connectivity index (χ1) is 5.20. The summed E-state index contributed by atoms with van der Waals surface area (Å²) in [5.41, 5.74) is 6.35. The maximum atomic E-state index is 5.59. The number of para-hydroxylation sites is 2. The summed E-state index contributed by atoms with van der Waals surface area (Å²) in [6.07, 6.45) is 0. The minimum atomic E-state index is -0.625. The second-order valence-electron chi connectivity index (χ2n) is 2.03. The van der Waals surface area contributed by atoms with Crippen molar-refractivity contribution in [3.63, 3.8) is 0 Å².